The normalized spacial score (nSPS) is 17.6. The molecule has 1 aliphatic rings. The van der Waals surface area contributed by atoms with Crippen molar-refractivity contribution in [2.75, 3.05) is 18.1 Å². The van der Waals surface area contributed by atoms with Gasteiger partial charge in [0.2, 0.25) is 0 Å². The van der Waals surface area contributed by atoms with Crippen LogP contribution in [0.15, 0.2) is 24.3 Å². The number of benzene rings is 1. The molecule has 94 valence electrons. The minimum atomic E-state index is -0.465. The first-order valence-corrected chi connectivity index (χ1v) is 6.38. The monoisotopic (exact) mass is 235 g/mol. The second-order valence-corrected chi connectivity index (χ2v) is 4.74. The van der Waals surface area contributed by atoms with Crippen LogP contribution in [0.2, 0.25) is 0 Å². The summed E-state index contributed by atoms with van der Waals surface area (Å²) < 4.78 is 0. The minimum Gasteiger partial charge on any atom is -0.395 e. The Morgan fingerprint density at radius 1 is 1.35 bits per heavy atom. The van der Waals surface area contributed by atoms with Crippen molar-refractivity contribution in [3.8, 4) is 0 Å². The van der Waals surface area contributed by atoms with Gasteiger partial charge in [0, 0.05) is 23.8 Å². The lowest BCUT2D eigenvalue weighted by atomic mass is 9.90. The van der Waals surface area contributed by atoms with Crippen molar-refractivity contribution < 1.29 is 10.2 Å². The Morgan fingerprint density at radius 2 is 2.06 bits per heavy atom. The summed E-state index contributed by atoms with van der Waals surface area (Å²) in [5.41, 5.74) is 2.02. The van der Waals surface area contributed by atoms with Gasteiger partial charge < -0.3 is 15.1 Å². The average molecular weight is 235 g/mol. The standard InChI is InChI=1S/C14H21NO2/c1-11(17)13-7-2-3-8-14(13)15(9-10-16)12-5-4-6-12/h2-3,7-8,11-12,16-17H,4-6,9-10H2,1H3. The molecule has 0 aromatic heterocycles. The summed E-state index contributed by atoms with van der Waals surface area (Å²) in [6.07, 6.45) is 3.18. The van der Waals surface area contributed by atoms with Crippen molar-refractivity contribution >= 4 is 5.69 Å². The van der Waals surface area contributed by atoms with Gasteiger partial charge in [-0.2, -0.15) is 0 Å². The molecule has 0 spiro atoms. The van der Waals surface area contributed by atoms with Crippen LogP contribution in [0, 0.1) is 0 Å². The van der Waals surface area contributed by atoms with Gasteiger partial charge in [0.15, 0.2) is 0 Å². The van der Waals surface area contributed by atoms with Crippen molar-refractivity contribution in [2.45, 2.75) is 38.3 Å². The zero-order chi connectivity index (χ0) is 12.3. The Balaban J connectivity index is 2.27. The zero-order valence-corrected chi connectivity index (χ0v) is 10.3. The van der Waals surface area contributed by atoms with Crippen LogP contribution in [-0.2, 0) is 0 Å². The Bertz CT molecular complexity index is 361. The van der Waals surface area contributed by atoms with Crippen LogP contribution < -0.4 is 4.90 Å². The highest BCUT2D eigenvalue weighted by Crippen LogP contribution is 2.33. The van der Waals surface area contributed by atoms with E-state index in [0.29, 0.717) is 12.6 Å². The lowest BCUT2D eigenvalue weighted by molar-refractivity contribution is 0.199. The van der Waals surface area contributed by atoms with Gasteiger partial charge in [-0.25, -0.2) is 0 Å². The lowest BCUT2D eigenvalue weighted by Gasteiger charge is -2.40. The molecule has 0 bridgehead atoms. The van der Waals surface area contributed by atoms with Crippen LogP contribution >= 0.6 is 0 Å². The molecule has 1 saturated carbocycles. The molecule has 3 nitrogen and oxygen atoms in total. The molecule has 1 fully saturated rings. The highest BCUT2D eigenvalue weighted by molar-refractivity contribution is 5.55. The highest BCUT2D eigenvalue weighted by Gasteiger charge is 2.26. The van der Waals surface area contributed by atoms with E-state index in [1.807, 2.05) is 24.3 Å². The summed E-state index contributed by atoms with van der Waals surface area (Å²) in [5, 5.41) is 19.0. The number of aliphatic hydroxyl groups excluding tert-OH is 2. The maximum atomic E-state index is 9.80. The molecular formula is C14H21NO2. The van der Waals surface area contributed by atoms with E-state index in [-0.39, 0.29) is 6.61 Å². The number of rotatable bonds is 5. The second kappa shape index (κ2) is 5.52. The van der Waals surface area contributed by atoms with Crippen LogP contribution in [0.3, 0.4) is 0 Å². The van der Waals surface area contributed by atoms with Crippen molar-refractivity contribution in [1.29, 1.82) is 0 Å². The molecule has 0 amide bonds. The average Bonchev–Trinajstić information content (AvgIpc) is 2.26. The predicted octanol–water partition coefficient (Wildman–Crippen LogP) is 2.09. The molecule has 1 unspecified atom stereocenters. The first-order chi connectivity index (χ1) is 8.24. The van der Waals surface area contributed by atoms with Gasteiger partial charge in [-0.1, -0.05) is 18.2 Å². The molecule has 0 aliphatic heterocycles. The summed E-state index contributed by atoms with van der Waals surface area (Å²) in [6, 6.07) is 8.47. The molecule has 1 aliphatic carbocycles. The van der Waals surface area contributed by atoms with E-state index in [4.69, 9.17) is 0 Å². The summed E-state index contributed by atoms with van der Waals surface area (Å²) in [7, 11) is 0. The summed E-state index contributed by atoms with van der Waals surface area (Å²) >= 11 is 0. The van der Waals surface area contributed by atoms with Crippen LogP contribution in [0.5, 0.6) is 0 Å². The number of aliphatic hydroxyl groups is 2. The number of para-hydroxylation sites is 1. The van der Waals surface area contributed by atoms with Crippen LogP contribution in [-0.4, -0.2) is 29.4 Å². The van der Waals surface area contributed by atoms with Gasteiger partial charge in [0.1, 0.15) is 0 Å². The van der Waals surface area contributed by atoms with Gasteiger partial charge in [0.25, 0.3) is 0 Å². The van der Waals surface area contributed by atoms with E-state index in [2.05, 4.69) is 4.90 Å². The zero-order valence-electron chi connectivity index (χ0n) is 10.3. The Hall–Kier alpha value is -1.06. The largest absolute Gasteiger partial charge is 0.395 e. The molecule has 2 N–H and O–H groups in total. The minimum absolute atomic E-state index is 0.157. The predicted molar refractivity (Wildman–Crippen MR) is 69.1 cm³/mol. The maximum Gasteiger partial charge on any atom is 0.0781 e. The summed E-state index contributed by atoms with van der Waals surface area (Å²) in [4.78, 5) is 2.24. The summed E-state index contributed by atoms with van der Waals surface area (Å²) in [6.45, 7) is 2.59. The molecule has 2 rings (SSSR count). The topological polar surface area (TPSA) is 43.7 Å². The van der Waals surface area contributed by atoms with Crippen molar-refractivity contribution in [3.63, 3.8) is 0 Å². The van der Waals surface area contributed by atoms with Gasteiger partial charge in [0.05, 0.1) is 12.7 Å². The van der Waals surface area contributed by atoms with Crippen molar-refractivity contribution in [1.82, 2.24) is 0 Å². The molecule has 1 aromatic carbocycles. The molecular weight excluding hydrogens is 214 g/mol. The quantitative estimate of drug-likeness (QED) is 0.821. The first kappa shape index (κ1) is 12.4. The first-order valence-electron chi connectivity index (χ1n) is 6.38. The van der Waals surface area contributed by atoms with Crippen molar-refractivity contribution in [3.05, 3.63) is 29.8 Å². The third-order valence-corrected chi connectivity index (χ3v) is 3.55. The van der Waals surface area contributed by atoms with Gasteiger partial charge in [-0.3, -0.25) is 0 Å². The van der Waals surface area contributed by atoms with Crippen LogP contribution in [0.4, 0.5) is 5.69 Å². The van der Waals surface area contributed by atoms with E-state index < -0.39 is 6.10 Å². The fourth-order valence-corrected chi connectivity index (χ4v) is 2.41. The molecule has 3 heteroatoms. The van der Waals surface area contributed by atoms with Crippen molar-refractivity contribution in [2.24, 2.45) is 0 Å². The maximum absolute atomic E-state index is 9.80. The number of nitrogens with zero attached hydrogens (tertiary/aromatic N) is 1. The van der Waals surface area contributed by atoms with E-state index in [1.54, 1.807) is 6.92 Å². The second-order valence-electron chi connectivity index (χ2n) is 4.74. The van der Waals surface area contributed by atoms with E-state index in [0.717, 1.165) is 11.3 Å². The Labute approximate surface area is 103 Å². The number of anilines is 1. The Kier molecular flexibility index (Phi) is 4.02. The highest BCUT2D eigenvalue weighted by atomic mass is 16.3. The fraction of sp³-hybridized carbons (Fsp3) is 0.571. The fourth-order valence-electron chi connectivity index (χ4n) is 2.41. The number of hydrogen-bond donors (Lipinski definition) is 2. The molecule has 0 heterocycles. The van der Waals surface area contributed by atoms with Gasteiger partial charge in [-0.15, -0.1) is 0 Å². The van der Waals surface area contributed by atoms with E-state index >= 15 is 0 Å². The lowest BCUT2D eigenvalue weighted by Crippen LogP contribution is -2.42. The molecule has 17 heavy (non-hydrogen) atoms. The van der Waals surface area contributed by atoms with Gasteiger partial charge >= 0.3 is 0 Å². The third-order valence-electron chi connectivity index (χ3n) is 3.55. The summed E-state index contributed by atoms with van der Waals surface area (Å²) in [5.74, 6) is 0. The molecule has 1 atom stereocenters. The molecule has 1 aromatic rings. The van der Waals surface area contributed by atoms with Gasteiger partial charge in [-0.05, 0) is 32.3 Å². The smallest absolute Gasteiger partial charge is 0.0781 e. The van der Waals surface area contributed by atoms with Crippen LogP contribution in [0.1, 0.15) is 37.9 Å². The van der Waals surface area contributed by atoms with E-state index in [9.17, 15) is 10.2 Å². The molecule has 0 saturated heterocycles. The van der Waals surface area contributed by atoms with Crippen LogP contribution in [0.25, 0.3) is 0 Å². The SMILES string of the molecule is CC(O)c1ccccc1N(CCO)C1CCC1. The Morgan fingerprint density at radius 3 is 2.59 bits per heavy atom. The third kappa shape index (κ3) is 2.61. The van der Waals surface area contributed by atoms with E-state index in [1.165, 1.54) is 19.3 Å². The number of hydrogen-bond acceptors (Lipinski definition) is 3. The molecule has 0 radical (unpaired) electrons.